The summed E-state index contributed by atoms with van der Waals surface area (Å²) in [7, 11) is 2.20. The minimum Gasteiger partial charge on any atom is -0.303 e. The van der Waals surface area contributed by atoms with E-state index in [-0.39, 0.29) is 0 Å². The van der Waals surface area contributed by atoms with Crippen molar-refractivity contribution in [3.05, 3.63) is 23.9 Å². The van der Waals surface area contributed by atoms with Gasteiger partial charge in [0.2, 0.25) is 0 Å². The summed E-state index contributed by atoms with van der Waals surface area (Å²) in [5.74, 6) is 0. The van der Waals surface area contributed by atoms with Gasteiger partial charge in [0.05, 0.1) is 0 Å². The summed E-state index contributed by atoms with van der Waals surface area (Å²) in [6.45, 7) is 6.77. The van der Waals surface area contributed by atoms with Crippen LogP contribution < -0.4 is 0 Å². The number of allylic oxidation sites excluding steroid dienone is 2. The van der Waals surface area contributed by atoms with Crippen LogP contribution in [0.15, 0.2) is 28.9 Å². The summed E-state index contributed by atoms with van der Waals surface area (Å²) in [4.78, 5) is 6.27. The molecule has 78 valence electrons. The maximum absolute atomic E-state index is 3.84. The Morgan fingerprint density at radius 1 is 1.64 bits per heavy atom. The Bertz CT molecular complexity index is 241. The molecular weight excluding hydrogens is 172 g/mol. The highest BCUT2D eigenvalue weighted by molar-refractivity contribution is 5.29. The first kappa shape index (κ1) is 11.2. The summed E-state index contributed by atoms with van der Waals surface area (Å²) >= 11 is 0. The van der Waals surface area contributed by atoms with Crippen molar-refractivity contribution in [1.82, 2.24) is 4.90 Å². The van der Waals surface area contributed by atoms with Crippen LogP contribution in [0, 0.1) is 0 Å². The van der Waals surface area contributed by atoms with Crippen molar-refractivity contribution in [2.45, 2.75) is 32.2 Å². The van der Waals surface area contributed by atoms with Crippen LogP contribution in [0.2, 0.25) is 0 Å². The van der Waals surface area contributed by atoms with E-state index in [0.29, 0.717) is 6.04 Å². The Morgan fingerprint density at radius 2 is 2.43 bits per heavy atom. The van der Waals surface area contributed by atoms with Crippen LogP contribution in [0.5, 0.6) is 0 Å². The molecule has 1 rings (SSSR count). The fourth-order valence-electron chi connectivity index (χ4n) is 2.00. The number of likely N-dealkylation sites (tertiary alicyclic amines) is 1. The van der Waals surface area contributed by atoms with Gasteiger partial charge in [-0.3, -0.25) is 4.99 Å². The maximum atomic E-state index is 3.84. The minimum atomic E-state index is 0.694. The van der Waals surface area contributed by atoms with Crippen molar-refractivity contribution in [2.24, 2.45) is 4.99 Å². The molecule has 1 unspecified atom stereocenters. The molecule has 2 heteroatoms. The summed E-state index contributed by atoms with van der Waals surface area (Å²) in [5.41, 5.74) is 1.28. The molecule has 2 nitrogen and oxygen atoms in total. The Balaban J connectivity index is 2.54. The first-order chi connectivity index (χ1) is 6.77. The highest BCUT2D eigenvalue weighted by Gasteiger charge is 2.20. The average molecular weight is 192 g/mol. The molecule has 0 bridgehead atoms. The molecule has 0 aliphatic carbocycles. The van der Waals surface area contributed by atoms with E-state index >= 15 is 0 Å². The second-order valence-corrected chi connectivity index (χ2v) is 3.87. The lowest BCUT2D eigenvalue weighted by Gasteiger charge is -2.19. The Morgan fingerprint density at radius 3 is 2.93 bits per heavy atom. The van der Waals surface area contributed by atoms with Crippen LogP contribution in [-0.4, -0.2) is 31.3 Å². The van der Waals surface area contributed by atoms with E-state index in [2.05, 4.69) is 35.8 Å². The second-order valence-electron chi connectivity index (χ2n) is 3.87. The SMILES string of the molecule is C=N/C=C(\C=C/C)CC1CCCN1C. The normalized spacial score (nSPS) is 24.7. The lowest BCUT2D eigenvalue weighted by molar-refractivity contribution is 0.310. The molecule has 0 aromatic carbocycles. The van der Waals surface area contributed by atoms with Crippen LogP contribution in [0.25, 0.3) is 0 Å². The largest absolute Gasteiger partial charge is 0.303 e. The minimum absolute atomic E-state index is 0.694. The van der Waals surface area contributed by atoms with E-state index in [1.165, 1.54) is 25.0 Å². The molecule has 1 fully saturated rings. The monoisotopic (exact) mass is 192 g/mol. The van der Waals surface area contributed by atoms with Crippen LogP contribution >= 0.6 is 0 Å². The van der Waals surface area contributed by atoms with Gasteiger partial charge in [-0.05, 0) is 52.1 Å². The molecular formula is C12H20N2. The third kappa shape index (κ3) is 3.11. The van der Waals surface area contributed by atoms with Crippen LogP contribution in [-0.2, 0) is 0 Å². The number of nitrogens with zero attached hydrogens (tertiary/aromatic N) is 2. The highest BCUT2D eigenvalue weighted by Crippen LogP contribution is 2.22. The Labute approximate surface area is 87.0 Å². The lowest BCUT2D eigenvalue weighted by atomic mass is 10.0. The van der Waals surface area contributed by atoms with Gasteiger partial charge in [-0.15, -0.1) is 0 Å². The molecule has 1 saturated heterocycles. The van der Waals surface area contributed by atoms with Gasteiger partial charge in [0.1, 0.15) is 0 Å². The topological polar surface area (TPSA) is 15.6 Å². The van der Waals surface area contributed by atoms with Crippen molar-refractivity contribution in [3.63, 3.8) is 0 Å². The fraction of sp³-hybridized carbons (Fsp3) is 0.583. The van der Waals surface area contributed by atoms with Crippen molar-refractivity contribution in [1.29, 1.82) is 0 Å². The van der Waals surface area contributed by atoms with Gasteiger partial charge >= 0.3 is 0 Å². The summed E-state index contributed by atoms with van der Waals surface area (Å²) in [6, 6.07) is 0.694. The first-order valence-electron chi connectivity index (χ1n) is 5.25. The van der Waals surface area contributed by atoms with Crippen molar-refractivity contribution in [2.75, 3.05) is 13.6 Å². The van der Waals surface area contributed by atoms with Gasteiger partial charge in [-0.25, -0.2) is 0 Å². The van der Waals surface area contributed by atoms with Crippen molar-refractivity contribution < 1.29 is 0 Å². The highest BCUT2D eigenvalue weighted by atomic mass is 15.1. The van der Waals surface area contributed by atoms with Gasteiger partial charge in [-0.2, -0.15) is 0 Å². The van der Waals surface area contributed by atoms with Gasteiger partial charge < -0.3 is 4.90 Å². The van der Waals surface area contributed by atoms with Gasteiger partial charge in [-0.1, -0.05) is 12.2 Å². The molecule has 0 spiro atoms. The van der Waals surface area contributed by atoms with Gasteiger partial charge in [0, 0.05) is 12.2 Å². The van der Waals surface area contributed by atoms with E-state index in [4.69, 9.17) is 0 Å². The average Bonchev–Trinajstić information content (AvgIpc) is 2.53. The van der Waals surface area contributed by atoms with E-state index in [1.807, 2.05) is 13.1 Å². The lowest BCUT2D eigenvalue weighted by Crippen LogP contribution is -2.24. The van der Waals surface area contributed by atoms with Crippen LogP contribution in [0.4, 0.5) is 0 Å². The predicted molar refractivity (Wildman–Crippen MR) is 62.7 cm³/mol. The third-order valence-electron chi connectivity index (χ3n) is 2.78. The Kier molecular flexibility index (Phi) is 4.60. The summed E-state index contributed by atoms with van der Waals surface area (Å²) < 4.78 is 0. The molecule has 0 saturated carbocycles. The van der Waals surface area contributed by atoms with E-state index in [1.54, 1.807) is 0 Å². The molecule has 0 radical (unpaired) electrons. The van der Waals surface area contributed by atoms with E-state index < -0.39 is 0 Å². The summed E-state index contributed by atoms with van der Waals surface area (Å²) in [6.07, 6.45) is 9.78. The molecule has 14 heavy (non-hydrogen) atoms. The van der Waals surface area contributed by atoms with Crippen LogP contribution in [0.3, 0.4) is 0 Å². The number of aliphatic imine (C=N–C) groups is 1. The number of hydrogen-bond acceptors (Lipinski definition) is 2. The first-order valence-corrected chi connectivity index (χ1v) is 5.25. The molecule has 0 aromatic heterocycles. The van der Waals surface area contributed by atoms with E-state index in [9.17, 15) is 0 Å². The fourth-order valence-corrected chi connectivity index (χ4v) is 2.00. The number of rotatable bonds is 4. The molecule has 0 aromatic rings. The smallest absolute Gasteiger partial charge is 0.0293 e. The zero-order valence-corrected chi connectivity index (χ0v) is 9.24. The summed E-state index contributed by atoms with van der Waals surface area (Å²) in [5, 5.41) is 0. The van der Waals surface area contributed by atoms with Gasteiger partial charge in [0.15, 0.2) is 0 Å². The molecule has 1 aliphatic rings. The maximum Gasteiger partial charge on any atom is 0.0293 e. The molecule has 0 amide bonds. The van der Waals surface area contributed by atoms with E-state index in [0.717, 1.165) is 6.42 Å². The van der Waals surface area contributed by atoms with Crippen LogP contribution in [0.1, 0.15) is 26.2 Å². The molecule has 1 atom stereocenters. The zero-order valence-electron chi connectivity index (χ0n) is 9.24. The second kappa shape index (κ2) is 5.76. The Hall–Kier alpha value is -0.890. The standard InChI is InChI=1S/C12H20N2/c1-4-6-11(10-13-2)9-12-7-5-8-14(12)3/h4,6,10,12H,2,5,7-9H2,1,3H3/b6-4-,11-10+. The molecule has 1 aliphatic heterocycles. The zero-order chi connectivity index (χ0) is 10.4. The van der Waals surface area contributed by atoms with Gasteiger partial charge in [0.25, 0.3) is 0 Å². The van der Waals surface area contributed by atoms with Crippen molar-refractivity contribution in [3.8, 4) is 0 Å². The van der Waals surface area contributed by atoms with Crippen molar-refractivity contribution >= 4 is 6.72 Å². The molecule has 0 N–H and O–H groups in total. The predicted octanol–water partition coefficient (Wildman–Crippen LogP) is 2.63. The third-order valence-corrected chi connectivity index (χ3v) is 2.78. The number of hydrogen-bond donors (Lipinski definition) is 0. The molecule has 1 heterocycles. The quantitative estimate of drug-likeness (QED) is 0.494.